The zero-order valence-electron chi connectivity index (χ0n) is 33.4. The number of esters is 2. The van der Waals surface area contributed by atoms with Gasteiger partial charge >= 0.3 is 11.9 Å². The maximum absolute atomic E-state index is 16.6. The van der Waals surface area contributed by atoms with E-state index in [0.29, 0.717) is 46.2 Å². The third kappa shape index (κ3) is 10.7. The van der Waals surface area contributed by atoms with Crippen molar-refractivity contribution in [2.45, 2.75) is 59.8 Å². The van der Waals surface area contributed by atoms with E-state index in [1.54, 1.807) is 75.3 Å². The largest absolute Gasteiger partial charge is 0.493 e. The smallest absolute Gasteiger partial charge is 0.311 e. The summed E-state index contributed by atoms with van der Waals surface area (Å²) in [6.45, 7) is 8.12. The molecule has 0 aliphatic heterocycles. The van der Waals surface area contributed by atoms with Gasteiger partial charge in [0.1, 0.15) is 11.6 Å². The van der Waals surface area contributed by atoms with Crippen molar-refractivity contribution in [3.63, 3.8) is 0 Å². The number of fused-ring (bicyclic) bond motifs is 1. The molecule has 0 aliphatic rings. The van der Waals surface area contributed by atoms with Gasteiger partial charge in [-0.2, -0.15) is 5.10 Å². The van der Waals surface area contributed by atoms with E-state index in [4.69, 9.17) is 14.2 Å². The van der Waals surface area contributed by atoms with Gasteiger partial charge < -0.3 is 14.2 Å². The number of benzene rings is 5. The fourth-order valence-corrected chi connectivity index (χ4v) is 6.98. The minimum Gasteiger partial charge on any atom is -0.493 e. The van der Waals surface area contributed by atoms with Gasteiger partial charge in [0.15, 0.2) is 11.6 Å². The van der Waals surface area contributed by atoms with Crippen molar-refractivity contribution in [1.29, 1.82) is 0 Å². The van der Waals surface area contributed by atoms with Crippen molar-refractivity contribution in [3.05, 3.63) is 131 Å². The highest BCUT2D eigenvalue weighted by Crippen LogP contribution is 2.32. The van der Waals surface area contributed by atoms with Crippen LogP contribution in [0.25, 0.3) is 32.5 Å². The van der Waals surface area contributed by atoms with Crippen molar-refractivity contribution in [2.75, 3.05) is 25.3 Å². The Morgan fingerprint density at radius 1 is 0.862 bits per heavy atom. The number of hydrogen-bond donors (Lipinski definition) is 0. The minimum absolute atomic E-state index is 0.115. The molecule has 0 atom stereocenters. The van der Waals surface area contributed by atoms with Crippen LogP contribution in [0.1, 0.15) is 63.6 Å². The molecule has 0 N–H and O–H groups in total. The van der Waals surface area contributed by atoms with Gasteiger partial charge in [0, 0.05) is 24.6 Å². The Bertz CT molecular complexity index is 2350. The first-order valence-corrected chi connectivity index (χ1v) is 20.2. The van der Waals surface area contributed by atoms with E-state index in [0.717, 1.165) is 28.6 Å². The molecule has 8 nitrogen and oxygen atoms in total. The second kappa shape index (κ2) is 19.0. The first-order chi connectivity index (χ1) is 27.9. The summed E-state index contributed by atoms with van der Waals surface area (Å²) in [5, 5.41) is 6.76. The lowest BCUT2D eigenvalue weighted by Gasteiger charge is -2.16. The Balaban J connectivity index is 1.16. The predicted octanol–water partition coefficient (Wildman–Crippen LogP) is 11.2. The van der Waals surface area contributed by atoms with Crippen LogP contribution >= 0.6 is 11.3 Å². The highest BCUT2D eigenvalue weighted by atomic mass is 32.1. The highest BCUT2D eigenvalue weighted by Gasteiger charge is 2.23. The van der Waals surface area contributed by atoms with Crippen LogP contribution in [-0.4, -0.2) is 43.4 Å². The van der Waals surface area contributed by atoms with Gasteiger partial charge in [-0.15, -0.1) is 0 Å². The normalized spacial score (nSPS) is 11.6. The number of para-hydroxylation sites is 1. The fourth-order valence-electron chi connectivity index (χ4n) is 6.09. The molecular formula is C47H47F2N3O5S. The molecule has 0 saturated carbocycles. The molecule has 0 radical (unpaired) electrons. The summed E-state index contributed by atoms with van der Waals surface area (Å²) in [4.78, 5) is 29.7. The summed E-state index contributed by atoms with van der Waals surface area (Å²) in [5.74, 6) is -1.67. The highest BCUT2D eigenvalue weighted by molar-refractivity contribution is 7.22. The zero-order chi connectivity index (χ0) is 41.2. The molecular weight excluding hydrogens is 757 g/mol. The number of aromatic nitrogens is 1. The van der Waals surface area contributed by atoms with Crippen LogP contribution in [-0.2, 0) is 27.2 Å². The van der Waals surface area contributed by atoms with Gasteiger partial charge in [-0.1, -0.05) is 91.4 Å². The molecule has 6 rings (SSSR count). The number of aryl methyl sites for hydroxylation is 2. The van der Waals surface area contributed by atoms with Crippen LogP contribution in [0.2, 0.25) is 0 Å². The topological polar surface area (TPSA) is 90.3 Å². The molecule has 0 saturated heterocycles. The van der Waals surface area contributed by atoms with Crippen LogP contribution in [0.5, 0.6) is 11.5 Å². The van der Waals surface area contributed by atoms with E-state index in [1.165, 1.54) is 35.2 Å². The van der Waals surface area contributed by atoms with E-state index in [1.807, 2.05) is 48.5 Å². The molecule has 5 aromatic carbocycles. The van der Waals surface area contributed by atoms with Crippen LogP contribution in [0, 0.1) is 17.0 Å². The van der Waals surface area contributed by atoms with Crippen molar-refractivity contribution in [1.82, 2.24) is 4.98 Å². The first-order valence-electron chi connectivity index (χ1n) is 19.3. The molecule has 1 aromatic heterocycles. The second-order valence-corrected chi connectivity index (χ2v) is 15.9. The third-order valence-electron chi connectivity index (χ3n) is 9.34. The first kappa shape index (κ1) is 41.7. The Morgan fingerprint density at radius 3 is 2.29 bits per heavy atom. The number of carbonyl (C=O) groups excluding carboxylic acids is 2. The average molecular weight is 804 g/mol. The number of carbonyl (C=O) groups is 2. The number of halogens is 2. The Morgan fingerprint density at radius 2 is 1.59 bits per heavy atom. The molecule has 0 bridgehead atoms. The van der Waals surface area contributed by atoms with Crippen LogP contribution in [0.15, 0.2) is 108 Å². The standard InChI is InChI=1S/C47H47F2N3O5S/c1-6-10-31-13-15-32(16-14-31)35-20-25-41(39(48)29-35)57-43(53)26-21-34-19-24-37(33-17-22-36(23-18-33)55-27-9-28-56-45(54)47(2,3)4)44(49)38(34)30-50-52(5)46-51-40-11-7-8-12-42(40)58-46/h7-8,11-20,22-25,29-30H,6,9-10,21,26-28H2,1-5H3/b50-30+. The van der Waals surface area contributed by atoms with Gasteiger partial charge in [-0.25, -0.2) is 18.8 Å². The number of rotatable bonds is 16. The molecule has 0 fully saturated rings. The van der Waals surface area contributed by atoms with Crippen LogP contribution < -0.4 is 14.5 Å². The van der Waals surface area contributed by atoms with E-state index >= 15 is 8.78 Å². The predicted molar refractivity (Wildman–Crippen MR) is 228 cm³/mol. The molecule has 1 heterocycles. The number of thiazole rings is 1. The molecule has 11 heteroatoms. The molecule has 300 valence electrons. The second-order valence-electron chi connectivity index (χ2n) is 14.9. The van der Waals surface area contributed by atoms with Gasteiger partial charge in [0.05, 0.1) is 41.5 Å². The van der Waals surface area contributed by atoms with Gasteiger partial charge in [0.25, 0.3) is 0 Å². The number of hydrazone groups is 1. The van der Waals surface area contributed by atoms with Gasteiger partial charge in [-0.3, -0.25) is 9.59 Å². The van der Waals surface area contributed by atoms with Crippen molar-refractivity contribution in [2.24, 2.45) is 10.5 Å². The Hall–Kier alpha value is -5.94. The summed E-state index contributed by atoms with van der Waals surface area (Å²) < 4.78 is 49.3. The number of anilines is 1. The molecule has 0 spiro atoms. The SMILES string of the molecule is CCCc1ccc(-c2ccc(OC(=O)CCc3ccc(-c4ccc(OCCCOC(=O)C(C)(C)C)cc4)c(F)c3/C=N/N(C)c3nc4ccccc4s3)c(F)c2)cc1. The zero-order valence-corrected chi connectivity index (χ0v) is 34.2. The summed E-state index contributed by atoms with van der Waals surface area (Å²) in [5.41, 5.74) is 4.68. The van der Waals surface area contributed by atoms with Crippen LogP contribution in [0.4, 0.5) is 13.9 Å². The van der Waals surface area contributed by atoms with Crippen LogP contribution in [0.3, 0.4) is 0 Å². The molecule has 0 amide bonds. The lowest BCUT2D eigenvalue weighted by Crippen LogP contribution is -2.23. The van der Waals surface area contributed by atoms with E-state index < -0.39 is 23.0 Å². The van der Waals surface area contributed by atoms with Gasteiger partial charge in [0.2, 0.25) is 5.13 Å². The molecule has 0 aliphatic carbocycles. The van der Waals surface area contributed by atoms with E-state index in [-0.39, 0.29) is 36.7 Å². The minimum atomic E-state index is -0.655. The monoisotopic (exact) mass is 803 g/mol. The summed E-state index contributed by atoms with van der Waals surface area (Å²) >= 11 is 1.46. The van der Waals surface area contributed by atoms with E-state index in [9.17, 15) is 9.59 Å². The fraction of sp³-hybridized carbons (Fsp3) is 0.277. The molecule has 0 unspecified atom stereocenters. The summed E-state index contributed by atoms with van der Waals surface area (Å²) in [6.07, 6.45) is 3.96. The maximum Gasteiger partial charge on any atom is 0.311 e. The number of ether oxygens (including phenoxy) is 3. The van der Waals surface area contributed by atoms with Gasteiger partial charge in [-0.05, 0) is 97.8 Å². The van der Waals surface area contributed by atoms with E-state index in [2.05, 4.69) is 17.0 Å². The Labute approximate surface area is 342 Å². The quantitative estimate of drug-likeness (QED) is 0.0316. The van der Waals surface area contributed by atoms with Crippen molar-refractivity contribution in [3.8, 4) is 33.8 Å². The molecule has 58 heavy (non-hydrogen) atoms. The summed E-state index contributed by atoms with van der Waals surface area (Å²) in [6, 6.07) is 30.7. The number of hydrogen-bond acceptors (Lipinski definition) is 9. The average Bonchev–Trinajstić information content (AvgIpc) is 3.65. The third-order valence-corrected chi connectivity index (χ3v) is 10.4. The lowest BCUT2D eigenvalue weighted by atomic mass is 9.96. The van der Waals surface area contributed by atoms with Crippen molar-refractivity contribution >= 4 is 44.8 Å². The van der Waals surface area contributed by atoms with Crippen molar-refractivity contribution < 1.29 is 32.6 Å². The maximum atomic E-state index is 16.6. The Kier molecular flexibility index (Phi) is 13.7. The summed E-state index contributed by atoms with van der Waals surface area (Å²) in [7, 11) is 1.74. The molecule has 6 aromatic rings. The lowest BCUT2D eigenvalue weighted by molar-refractivity contribution is -0.153. The number of nitrogens with zero attached hydrogens (tertiary/aromatic N) is 3.